The lowest BCUT2D eigenvalue weighted by molar-refractivity contribution is 0.442. The van der Waals surface area contributed by atoms with E-state index < -0.39 is 5.41 Å². The lowest BCUT2D eigenvalue weighted by Gasteiger charge is -2.40. The zero-order chi connectivity index (χ0) is 35.5. The second kappa shape index (κ2) is 11.0. The summed E-state index contributed by atoms with van der Waals surface area (Å²) >= 11 is 1.82. The predicted molar refractivity (Wildman–Crippen MR) is 223 cm³/mol. The fraction of sp³-hybridized carbons (Fsp3) is 0.0400. The maximum absolute atomic E-state index is 7.03. The number of thiophene rings is 1. The van der Waals surface area contributed by atoms with Crippen LogP contribution in [0.2, 0.25) is 0 Å². The van der Waals surface area contributed by atoms with E-state index in [2.05, 4.69) is 176 Å². The molecule has 0 amide bonds. The largest absolute Gasteiger partial charge is 0.455 e. The lowest BCUT2D eigenvalue weighted by Crippen LogP contribution is -2.32. The summed E-state index contributed by atoms with van der Waals surface area (Å²) in [6.07, 6.45) is 0. The molecule has 10 aromatic rings. The summed E-state index contributed by atoms with van der Waals surface area (Å²) in [5.41, 5.74) is 12.8. The summed E-state index contributed by atoms with van der Waals surface area (Å²) in [6, 6.07) is 61.5. The highest BCUT2D eigenvalue weighted by Gasteiger charge is 2.51. The van der Waals surface area contributed by atoms with E-state index >= 15 is 0 Å². The molecule has 4 heteroatoms. The fourth-order valence-corrected chi connectivity index (χ4v) is 10.6. The van der Waals surface area contributed by atoms with E-state index in [1.54, 1.807) is 0 Å². The summed E-state index contributed by atoms with van der Waals surface area (Å²) < 4.78 is 16.2. The molecule has 2 aliphatic rings. The van der Waals surface area contributed by atoms with Crippen LogP contribution in [0.3, 0.4) is 0 Å². The van der Waals surface area contributed by atoms with Crippen LogP contribution in [0.5, 0.6) is 11.5 Å². The van der Waals surface area contributed by atoms with E-state index in [-0.39, 0.29) is 0 Å². The number of fused-ring (bicyclic) bond motifs is 16. The van der Waals surface area contributed by atoms with Crippen molar-refractivity contribution in [2.45, 2.75) is 12.3 Å². The van der Waals surface area contributed by atoms with Crippen molar-refractivity contribution >= 4 is 70.5 Å². The number of ether oxygens (including phenoxy) is 1. The molecule has 0 saturated carbocycles. The monoisotopic (exact) mass is 709 g/mol. The van der Waals surface area contributed by atoms with Gasteiger partial charge in [0.15, 0.2) is 5.58 Å². The van der Waals surface area contributed by atoms with Crippen LogP contribution in [0.1, 0.15) is 27.8 Å². The molecule has 0 bridgehead atoms. The molecule has 12 rings (SSSR count). The molecular weight excluding hydrogens is 679 g/mol. The number of furan rings is 1. The van der Waals surface area contributed by atoms with Crippen LogP contribution in [0, 0.1) is 6.92 Å². The first kappa shape index (κ1) is 29.9. The van der Waals surface area contributed by atoms with Gasteiger partial charge in [0.1, 0.15) is 17.1 Å². The number of rotatable bonds is 3. The summed E-state index contributed by atoms with van der Waals surface area (Å²) in [4.78, 5) is 2.39. The molecule has 0 radical (unpaired) electrons. The molecule has 1 spiro atoms. The second-order valence-corrected chi connectivity index (χ2v) is 15.5. The van der Waals surface area contributed by atoms with Crippen LogP contribution in [-0.4, -0.2) is 0 Å². The highest BCUT2D eigenvalue weighted by molar-refractivity contribution is 7.26. The molecule has 1 aliphatic carbocycles. The number of benzene rings is 8. The normalized spacial score (nSPS) is 15.4. The lowest BCUT2D eigenvalue weighted by atomic mass is 9.66. The van der Waals surface area contributed by atoms with Crippen molar-refractivity contribution in [3.63, 3.8) is 0 Å². The van der Waals surface area contributed by atoms with E-state index in [1.807, 2.05) is 17.4 Å². The molecule has 0 N–H and O–H groups in total. The Bertz CT molecular complexity index is 3190. The van der Waals surface area contributed by atoms with Gasteiger partial charge in [-0.1, -0.05) is 127 Å². The van der Waals surface area contributed by atoms with Crippen LogP contribution in [0.15, 0.2) is 174 Å². The Hall–Kier alpha value is -6.62. The quantitative estimate of drug-likeness (QED) is 0.183. The minimum absolute atomic E-state index is 0.612. The average Bonchev–Trinajstić information content (AvgIpc) is 3.88. The van der Waals surface area contributed by atoms with Gasteiger partial charge in [-0.2, -0.15) is 0 Å². The van der Waals surface area contributed by atoms with Crippen molar-refractivity contribution in [1.82, 2.24) is 0 Å². The van der Waals surface area contributed by atoms with Gasteiger partial charge in [-0.15, -0.1) is 11.3 Å². The van der Waals surface area contributed by atoms with Gasteiger partial charge in [0, 0.05) is 48.7 Å². The highest BCUT2D eigenvalue weighted by atomic mass is 32.1. The zero-order valence-corrected chi connectivity index (χ0v) is 30.2. The number of hydrogen-bond acceptors (Lipinski definition) is 4. The Balaban J connectivity index is 1.19. The van der Waals surface area contributed by atoms with Gasteiger partial charge in [-0.3, -0.25) is 0 Å². The van der Waals surface area contributed by atoms with Gasteiger partial charge in [0.25, 0.3) is 0 Å². The first-order chi connectivity index (χ1) is 26.7. The van der Waals surface area contributed by atoms with Crippen molar-refractivity contribution in [3.05, 3.63) is 198 Å². The van der Waals surface area contributed by atoms with E-state index in [0.717, 1.165) is 56.1 Å². The molecule has 1 unspecified atom stereocenters. The third-order valence-electron chi connectivity index (χ3n) is 11.7. The maximum Gasteiger partial charge on any atom is 0.159 e. The standard InChI is InChI=1S/C50H31NO2S/c1-30-13-2-8-20-42(30)51(43-21-12-17-36-34-15-4-9-22-44(34)52-47(36)43)31-25-26-33-32-14-3-6-18-38(32)50(41(33)29-31)39-19-7-10-23-45(39)53-48-40(50)28-27-37-35-16-5-11-24-46(35)54-49(37)48/h2-29H,1H3. The van der Waals surface area contributed by atoms with Crippen molar-refractivity contribution in [3.8, 4) is 22.6 Å². The van der Waals surface area contributed by atoms with E-state index in [1.165, 1.54) is 53.6 Å². The smallest absolute Gasteiger partial charge is 0.159 e. The number of nitrogens with zero attached hydrogens (tertiary/aromatic N) is 1. The molecule has 8 aromatic carbocycles. The minimum Gasteiger partial charge on any atom is -0.455 e. The van der Waals surface area contributed by atoms with Crippen molar-refractivity contribution < 1.29 is 9.15 Å². The van der Waals surface area contributed by atoms with Crippen molar-refractivity contribution in [2.24, 2.45) is 0 Å². The second-order valence-electron chi connectivity index (χ2n) is 14.4. The molecule has 2 aromatic heterocycles. The molecule has 0 saturated heterocycles. The Morgan fingerprint density at radius 1 is 0.519 bits per heavy atom. The first-order valence-corrected chi connectivity index (χ1v) is 19.2. The molecular formula is C50H31NO2S. The Kier molecular flexibility index (Phi) is 6.07. The van der Waals surface area contributed by atoms with Gasteiger partial charge in [0.05, 0.1) is 15.8 Å². The molecule has 3 heterocycles. The molecule has 3 nitrogen and oxygen atoms in total. The van der Waals surface area contributed by atoms with Gasteiger partial charge in [-0.05, 0) is 77.2 Å². The van der Waals surface area contributed by atoms with Gasteiger partial charge >= 0.3 is 0 Å². The van der Waals surface area contributed by atoms with E-state index in [4.69, 9.17) is 9.15 Å². The highest BCUT2D eigenvalue weighted by Crippen LogP contribution is 2.64. The summed E-state index contributed by atoms with van der Waals surface area (Å²) in [5, 5.41) is 4.71. The van der Waals surface area contributed by atoms with Crippen LogP contribution in [0.4, 0.5) is 17.1 Å². The fourth-order valence-electron chi connectivity index (χ4n) is 9.40. The average molecular weight is 710 g/mol. The Morgan fingerprint density at radius 2 is 1.24 bits per heavy atom. The van der Waals surface area contributed by atoms with Crippen LogP contribution >= 0.6 is 11.3 Å². The van der Waals surface area contributed by atoms with Crippen LogP contribution in [0.25, 0.3) is 53.2 Å². The van der Waals surface area contributed by atoms with Crippen LogP contribution in [-0.2, 0) is 5.41 Å². The summed E-state index contributed by atoms with van der Waals surface area (Å²) in [6.45, 7) is 2.19. The molecule has 0 fully saturated rings. The number of hydrogen-bond donors (Lipinski definition) is 0. The van der Waals surface area contributed by atoms with Gasteiger partial charge in [-0.25, -0.2) is 0 Å². The SMILES string of the molecule is Cc1ccccc1N(c1ccc2c(c1)C1(c3ccccc3Oc3c1ccc1c3sc3ccccc31)c1ccccc1-2)c1cccc2c1oc1ccccc12. The van der Waals surface area contributed by atoms with Gasteiger partial charge in [0.2, 0.25) is 0 Å². The third-order valence-corrected chi connectivity index (χ3v) is 12.9. The topological polar surface area (TPSA) is 25.6 Å². The number of para-hydroxylation sites is 4. The third kappa shape index (κ3) is 3.85. The minimum atomic E-state index is -0.612. The Labute approximate surface area is 315 Å². The van der Waals surface area contributed by atoms with Gasteiger partial charge < -0.3 is 14.1 Å². The molecule has 254 valence electrons. The first-order valence-electron chi connectivity index (χ1n) is 18.4. The summed E-state index contributed by atoms with van der Waals surface area (Å²) in [7, 11) is 0. The number of aryl methyl sites for hydroxylation is 1. The Morgan fingerprint density at radius 3 is 2.17 bits per heavy atom. The van der Waals surface area contributed by atoms with Crippen LogP contribution < -0.4 is 9.64 Å². The van der Waals surface area contributed by atoms with Crippen molar-refractivity contribution in [2.75, 3.05) is 4.90 Å². The van der Waals surface area contributed by atoms with E-state index in [0.29, 0.717) is 0 Å². The maximum atomic E-state index is 7.03. The molecule has 1 atom stereocenters. The zero-order valence-electron chi connectivity index (χ0n) is 29.3. The predicted octanol–water partition coefficient (Wildman–Crippen LogP) is 14.2. The molecule has 54 heavy (non-hydrogen) atoms. The van der Waals surface area contributed by atoms with E-state index in [9.17, 15) is 0 Å². The number of anilines is 3. The van der Waals surface area contributed by atoms with Crippen molar-refractivity contribution in [1.29, 1.82) is 0 Å². The molecule has 1 aliphatic heterocycles. The summed E-state index contributed by atoms with van der Waals surface area (Å²) in [5.74, 6) is 1.84.